The number of hydrogen-bond acceptors (Lipinski definition) is 4. The third-order valence-corrected chi connectivity index (χ3v) is 9.34. The second-order valence-corrected chi connectivity index (χ2v) is 13.0. The molecule has 0 rings (SSSR count). The first kappa shape index (κ1) is 42.1. The van der Waals surface area contributed by atoms with E-state index in [1.807, 2.05) is 26.8 Å². The molecule has 44 heavy (non-hydrogen) atoms. The Kier molecular flexibility index (Phi) is 26.2. The highest BCUT2D eigenvalue weighted by atomic mass is 16.4. The number of unbranched alkanes of at least 4 members (excludes halogenated alkanes) is 16. The van der Waals surface area contributed by atoms with Crippen LogP contribution in [0.5, 0.6) is 0 Å². The molecule has 0 amide bonds. The summed E-state index contributed by atoms with van der Waals surface area (Å²) in [6.45, 7) is 7.97. The molecule has 0 bridgehead atoms. The average molecular weight is 624 g/mol. The fraction of sp³-hybridized carbons (Fsp3) is 0.865. The SMILES string of the molecule is CCCCCCCCCCCCCCCCCC/C=C/CC[N+](C(CCC)C(=O)[O-])(C(CCC)C(=O)O)C(CCC)C(=O)O. The van der Waals surface area contributed by atoms with Gasteiger partial charge in [0.05, 0.1) is 12.5 Å². The van der Waals surface area contributed by atoms with E-state index in [2.05, 4.69) is 13.0 Å². The Hall–Kier alpha value is -1.89. The van der Waals surface area contributed by atoms with Crippen LogP contribution >= 0.6 is 0 Å². The zero-order valence-corrected chi connectivity index (χ0v) is 29.0. The lowest BCUT2D eigenvalue weighted by atomic mass is 9.91. The van der Waals surface area contributed by atoms with Gasteiger partial charge in [-0.15, -0.1) is 0 Å². The molecule has 3 unspecified atom stereocenters. The number of allylic oxidation sites excluding steroid dienone is 1. The predicted octanol–water partition coefficient (Wildman–Crippen LogP) is 8.83. The Bertz CT molecular complexity index is 707. The van der Waals surface area contributed by atoms with E-state index in [0.29, 0.717) is 25.7 Å². The molecule has 258 valence electrons. The van der Waals surface area contributed by atoms with Gasteiger partial charge in [0.15, 0.2) is 12.1 Å². The molecule has 0 spiro atoms. The van der Waals surface area contributed by atoms with Crippen molar-refractivity contribution in [1.82, 2.24) is 0 Å². The second kappa shape index (κ2) is 27.4. The van der Waals surface area contributed by atoms with Gasteiger partial charge in [-0.05, 0) is 25.7 Å². The summed E-state index contributed by atoms with van der Waals surface area (Å²) in [4.78, 5) is 37.6. The molecule has 0 fully saturated rings. The highest BCUT2D eigenvalue weighted by Crippen LogP contribution is 2.33. The first-order chi connectivity index (χ1) is 21.2. The van der Waals surface area contributed by atoms with Gasteiger partial charge in [0.2, 0.25) is 0 Å². The third kappa shape index (κ3) is 17.0. The average Bonchev–Trinajstić information content (AvgIpc) is 2.98. The molecule has 3 atom stereocenters. The summed E-state index contributed by atoms with van der Waals surface area (Å²) in [7, 11) is 0. The van der Waals surface area contributed by atoms with Gasteiger partial charge in [0.1, 0.15) is 6.04 Å². The molecule has 0 aromatic carbocycles. The molecule has 7 nitrogen and oxygen atoms in total. The number of quaternary nitrogens is 1. The van der Waals surface area contributed by atoms with E-state index >= 15 is 0 Å². The minimum atomic E-state index is -1.35. The highest BCUT2D eigenvalue weighted by molar-refractivity contribution is 5.77. The van der Waals surface area contributed by atoms with E-state index in [1.54, 1.807) is 0 Å². The maximum Gasteiger partial charge on any atom is 0.362 e. The molecule has 0 saturated heterocycles. The van der Waals surface area contributed by atoms with Crippen LogP contribution in [0.15, 0.2) is 12.2 Å². The lowest BCUT2D eigenvalue weighted by molar-refractivity contribution is -0.974. The normalized spacial score (nSPS) is 15.2. The van der Waals surface area contributed by atoms with Gasteiger partial charge < -0.3 is 20.1 Å². The zero-order chi connectivity index (χ0) is 33.1. The summed E-state index contributed by atoms with van der Waals surface area (Å²) in [5.74, 6) is -3.61. The maximum atomic E-state index is 12.6. The molecule has 7 heteroatoms. The van der Waals surface area contributed by atoms with E-state index in [0.717, 1.165) is 12.8 Å². The number of carbonyl (C=O) groups excluding carboxylic acids is 1. The topological polar surface area (TPSA) is 115 Å². The number of carboxylic acid groups (broad SMARTS) is 3. The Morgan fingerprint density at radius 2 is 0.864 bits per heavy atom. The fourth-order valence-electron chi connectivity index (χ4n) is 6.98. The van der Waals surface area contributed by atoms with Crippen LogP contribution in [0.4, 0.5) is 0 Å². The minimum Gasteiger partial charge on any atom is -0.544 e. The van der Waals surface area contributed by atoms with Crippen molar-refractivity contribution in [1.29, 1.82) is 0 Å². The van der Waals surface area contributed by atoms with E-state index in [-0.39, 0.29) is 25.8 Å². The van der Waals surface area contributed by atoms with Crippen LogP contribution in [0.2, 0.25) is 0 Å². The number of carbonyl (C=O) groups is 3. The Morgan fingerprint density at radius 1 is 0.523 bits per heavy atom. The maximum absolute atomic E-state index is 12.6. The molecule has 0 aliphatic rings. The summed E-state index contributed by atoms with van der Waals surface area (Å²) in [6.07, 6.45) is 28.9. The van der Waals surface area contributed by atoms with Gasteiger partial charge in [0, 0.05) is 25.7 Å². The van der Waals surface area contributed by atoms with E-state index in [9.17, 15) is 29.7 Å². The minimum absolute atomic E-state index is 0.155. The van der Waals surface area contributed by atoms with Crippen LogP contribution < -0.4 is 5.11 Å². The standard InChI is InChI=1S/C37H69NO6/c1-5-9-10-11-12-13-14-15-16-17-18-19-20-21-22-23-24-25-26-27-31-38(32(28-6-2)35(39)40,33(29-7-3)36(41)42)34(30-8-4)37(43)44/h25-26,32-34H,5-24,27-31H2,1-4H3,(H2-,39,40,41,42,43,44)/b26-25+. The Morgan fingerprint density at radius 3 is 1.20 bits per heavy atom. The first-order valence-electron chi connectivity index (χ1n) is 18.4. The smallest absolute Gasteiger partial charge is 0.362 e. The molecule has 0 aliphatic carbocycles. The van der Waals surface area contributed by atoms with Crippen molar-refractivity contribution in [3.8, 4) is 0 Å². The summed E-state index contributed by atoms with van der Waals surface area (Å²) < 4.78 is -0.480. The van der Waals surface area contributed by atoms with Gasteiger partial charge in [-0.25, -0.2) is 9.59 Å². The zero-order valence-electron chi connectivity index (χ0n) is 29.0. The Labute approximate surface area is 270 Å². The van der Waals surface area contributed by atoms with Crippen molar-refractivity contribution in [3.63, 3.8) is 0 Å². The van der Waals surface area contributed by atoms with Crippen LogP contribution in [-0.2, 0) is 14.4 Å². The number of rotatable bonds is 32. The van der Waals surface area contributed by atoms with Gasteiger partial charge >= 0.3 is 11.9 Å². The Balaban J connectivity index is 4.81. The second-order valence-electron chi connectivity index (χ2n) is 13.0. The van der Waals surface area contributed by atoms with Crippen molar-refractivity contribution in [2.24, 2.45) is 0 Å². The van der Waals surface area contributed by atoms with Crippen molar-refractivity contribution in [3.05, 3.63) is 12.2 Å². The fourth-order valence-corrected chi connectivity index (χ4v) is 6.98. The van der Waals surface area contributed by atoms with Gasteiger partial charge in [-0.3, -0.25) is 4.48 Å². The lowest BCUT2D eigenvalue weighted by Gasteiger charge is -2.52. The van der Waals surface area contributed by atoms with Crippen LogP contribution in [0, 0.1) is 0 Å². The summed E-state index contributed by atoms with van der Waals surface area (Å²) >= 11 is 0. The van der Waals surface area contributed by atoms with E-state index < -0.39 is 40.5 Å². The van der Waals surface area contributed by atoms with Gasteiger partial charge in [-0.1, -0.05) is 143 Å². The molecular weight excluding hydrogens is 554 g/mol. The molecule has 0 aromatic heterocycles. The number of hydrogen-bond donors (Lipinski definition) is 2. The lowest BCUT2D eigenvalue weighted by Crippen LogP contribution is -2.74. The third-order valence-electron chi connectivity index (χ3n) is 9.34. The number of aliphatic carboxylic acids is 3. The quantitative estimate of drug-likeness (QED) is 0.0439. The molecular formula is C37H69NO6. The van der Waals surface area contributed by atoms with Crippen LogP contribution in [-0.4, -0.2) is 57.3 Å². The van der Waals surface area contributed by atoms with Gasteiger partial charge in [-0.2, -0.15) is 0 Å². The summed E-state index contributed by atoms with van der Waals surface area (Å²) in [5, 5.41) is 33.0. The highest BCUT2D eigenvalue weighted by Gasteiger charge is 2.54. The van der Waals surface area contributed by atoms with Crippen LogP contribution in [0.1, 0.15) is 182 Å². The number of carboxylic acids is 3. The van der Waals surface area contributed by atoms with Crippen LogP contribution in [0.3, 0.4) is 0 Å². The molecule has 0 radical (unpaired) electrons. The summed E-state index contributed by atoms with van der Waals surface area (Å²) in [5.41, 5.74) is 0. The van der Waals surface area contributed by atoms with Gasteiger partial charge in [0.25, 0.3) is 0 Å². The molecule has 0 heterocycles. The first-order valence-corrected chi connectivity index (χ1v) is 18.4. The molecule has 0 saturated carbocycles. The number of nitrogens with zero attached hydrogens (tertiary/aromatic N) is 1. The van der Waals surface area contributed by atoms with Crippen molar-refractivity contribution < 1.29 is 34.2 Å². The van der Waals surface area contributed by atoms with Crippen molar-refractivity contribution in [2.45, 2.75) is 200 Å². The molecule has 0 aliphatic heterocycles. The molecule has 2 N–H and O–H groups in total. The van der Waals surface area contributed by atoms with E-state index in [4.69, 9.17) is 0 Å². The predicted molar refractivity (Wildman–Crippen MR) is 179 cm³/mol. The largest absolute Gasteiger partial charge is 0.544 e. The van der Waals surface area contributed by atoms with Crippen molar-refractivity contribution in [2.75, 3.05) is 6.54 Å². The summed E-state index contributed by atoms with van der Waals surface area (Å²) in [6, 6.07) is -3.42. The van der Waals surface area contributed by atoms with E-state index in [1.165, 1.54) is 96.3 Å². The van der Waals surface area contributed by atoms with Crippen molar-refractivity contribution >= 4 is 17.9 Å². The monoisotopic (exact) mass is 624 g/mol. The van der Waals surface area contributed by atoms with Crippen LogP contribution in [0.25, 0.3) is 0 Å². The molecule has 0 aromatic rings.